The summed E-state index contributed by atoms with van der Waals surface area (Å²) in [6, 6.07) is 10.4. The van der Waals surface area contributed by atoms with E-state index >= 15 is 0 Å². The second-order valence-corrected chi connectivity index (χ2v) is 12.0. The van der Waals surface area contributed by atoms with Gasteiger partial charge < -0.3 is 20.6 Å². The summed E-state index contributed by atoms with van der Waals surface area (Å²) < 4.78 is 0. The Kier molecular flexibility index (Phi) is 6.90. The molecule has 1 atom stereocenters. The molecule has 4 N–H and O–H groups in total. The Balaban J connectivity index is 1.57. The lowest BCUT2D eigenvalue weighted by Gasteiger charge is -2.28. The summed E-state index contributed by atoms with van der Waals surface area (Å²) in [4.78, 5) is 16.8. The Bertz CT molecular complexity index is 1220. The Labute approximate surface area is 211 Å². The van der Waals surface area contributed by atoms with Crippen LogP contribution in [0.25, 0.3) is 10.4 Å². The van der Waals surface area contributed by atoms with Crippen LogP contribution in [0, 0.1) is 5.41 Å². The summed E-state index contributed by atoms with van der Waals surface area (Å²) in [6.45, 7) is 13.5. The first-order chi connectivity index (χ1) is 16.4. The number of rotatable bonds is 8. The number of carbonyl (C=O) groups excluding carboxylic acids is 1. The van der Waals surface area contributed by atoms with E-state index in [1.54, 1.807) is 26.1 Å². The number of hydrogen-bond donors (Lipinski definition) is 4. The molecule has 1 aliphatic heterocycles. The fraction of sp³-hybridized carbons (Fsp3) is 0.407. The van der Waals surface area contributed by atoms with Gasteiger partial charge in [0.05, 0.1) is 34.6 Å². The van der Waals surface area contributed by atoms with E-state index in [9.17, 15) is 9.90 Å². The summed E-state index contributed by atoms with van der Waals surface area (Å²) in [7, 11) is 0. The van der Waals surface area contributed by atoms with Crippen molar-refractivity contribution < 1.29 is 9.90 Å². The molecule has 186 valence electrons. The second kappa shape index (κ2) is 9.60. The topological polar surface area (TPSA) is 93.3 Å². The molecule has 0 bridgehead atoms. The number of benzene rings is 1. The molecule has 0 unspecified atom stereocenters. The van der Waals surface area contributed by atoms with Crippen LogP contribution < -0.4 is 15.5 Å². The first-order valence-corrected chi connectivity index (χ1v) is 12.7. The number of nitrogens with one attached hydrogen (secondary N) is 3. The molecule has 2 aromatic heterocycles. The lowest BCUT2D eigenvalue weighted by molar-refractivity contribution is 0.0889. The third kappa shape index (κ3) is 6.01. The van der Waals surface area contributed by atoms with E-state index in [4.69, 9.17) is 0 Å². The molecular formula is C27H35N5O2S. The van der Waals surface area contributed by atoms with E-state index in [0.717, 1.165) is 33.9 Å². The summed E-state index contributed by atoms with van der Waals surface area (Å²) in [6.07, 6.45) is 5.18. The van der Waals surface area contributed by atoms with Crippen LogP contribution in [0.4, 0.5) is 11.4 Å². The number of allylic oxidation sites excluding steroid dienone is 1. The maximum atomic E-state index is 13.2. The molecule has 1 aliphatic rings. The van der Waals surface area contributed by atoms with Crippen molar-refractivity contribution in [2.75, 3.05) is 16.8 Å². The minimum atomic E-state index is -0.939. The maximum Gasteiger partial charge on any atom is 0.199 e. The van der Waals surface area contributed by atoms with E-state index < -0.39 is 5.60 Å². The molecule has 3 aromatic rings. The van der Waals surface area contributed by atoms with Crippen LogP contribution in [0.3, 0.4) is 0 Å². The van der Waals surface area contributed by atoms with Crippen molar-refractivity contribution >= 4 is 28.5 Å². The summed E-state index contributed by atoms with van der Waals surface area (Å²) in [5.41, 5.74) is 3.23. The summed E-state index contributed by atoms with van der Waals surface area (Å²) in [5.74, 6) is 0.584. The van der Waals surface area contributed by atoms with E-state index in [0.29, 0.717) is 23.3 Å². The minimum Gasteiger partial charge on any atom is -0.389 e. The number of aromatic nitrogens is 2. The Morgan fingerprint density at radius 3 is 2.66 bits per heavy atom. The van der Waals surface area contributed by atoms with Gasteiger partial charge in [-0.2, -0.15) is 5.10 Å². The van der Waals surface area contributed by atoms with Crippen molar-refractivity contribution in [1.29, 1.82) is 0 Å². The Hall–Kier alpha value is -2.94. The van der Waals surface area contributed by atoms with Crippen molar-refractivity contribution in [3.8, 4) is 10.4 Å². The fourth-order valence-corrected chi connectivity index (χ4v) is 4.72. The highest BCUT2D eigenvalue weighted by Crippen LogP contribution is 2.38. The molecule has 1 aromatic carbocycles. The van der Waals surface area contributed by atoms with Gasteiger partial charge in [-0.1, -0.05) is 26.8 Å². The third-order valence-corrected chi connectivity index (χ3v) is 7.41. The lowest BCUT2D eigenvalue weighted by Crippen LogP contribution is -2.37. The molecule has 3 heterocycles. The van der Waals surface area contributed by atoms with Crippen LogP contribution in [0.1, 0.15) is 56.8 Å². The molecule has 0 saturated carbocycles. The number of fused-ring (bicyclic) bond motifs is 1. The highest BCUT2D eigenvalue weighted by atomic mass is 32.1. The van der Waals surface area contributed by atoms with Crippen LogP contribution >= 0.6 is 11.3 Å². The number of thiophene rings is 1. The first kappa shape index (κ1) is 25.2. The quantitative estimate of drug-likeness (QED) is 0.248. The Morgan fingerprint density at radius 1 is 1.23 bits per heavy atom. The van der Waals surface area contributed by atoms with Crippen LogP contribution in [0.5, 0.6) is 0 Å². The van der Waals surface area contributed by atoms with Crippen molar-refractivity contribution in [2.24, 2.45) is 5.41 Å². The number of aromatic amines is 1. The number of carbonyl (C=O) groups is 1. The van der Waals surface area contributed by atoms with E-state index in [-0.39, 0.29) is 11.2 Å². The third-order valence-electron chi connectivity index (χ3n) is 6.26. The summed E-state index contributed by atoms with van der Waals surface area (Å²) in [5, 5.41) is 24.4. The molecule has 0 radical (unpaired) electrons. The normalized spacial score (nSPS) is 15.9. The average Bonchev–Trinajstić information content (AvgIpc) is 3.51. The predicted molar refractivity (Wildman–Crippen MR) is 144 cm³/mol. The van der Waals surface area contributed by atoms with Crippen molar-refractivity contribution in [3.63, 3.8) is 0 Å². The molecule has 8 heteroatoms. The maximum absolute atomic E-state index is 13.2. The van der Waals surface area contributed by atoms with Gasteiger partial charge in [-0.25, -0.2) is 0 Å². The Morgan fingerprint density at radius 2 is 2.00 bits per heavy atom. The number of H-pyrrole nitrogens is 1. The molecule has 4 rings (SSSR count). The zero-order valence-electron chi connectivity index (χ0n) is 21.3. The zero-order valence-corrected chi connectivity index (χ0v) is 22.1. The highest BCUT2D eigenvalue weighted by molar-refractivity contribution is 7.17. The fourth-order valence-electron chi connectivity index (χ4n) is 3.82. The summed E-state index contributed by atoms with van der Waals surface area (Å²) >= 11 is 1.44. The number of ketones is 1. The van der Waals surface area contributed by atoms with Gasteiger partial charge in [-0.3, -0.25) is 9.89 Å². The van der Waals surface area contributed by atoms with Gasteiger partial charge in [0.1, 0.15) is 5.82 Å². The molecule has 0 aliphatic carbocycles. The molecule has 0 fully saturated rings. The number of aliphatic hydroxyl groups is 1. The van der Waals surface area contributed by atoms with Gasteiger partial charge >= 0.3 is 0 Å². The molecular weight excluding hydrogens is 458 g/mol. The zero-order chi connectivity index (χ0) is 25.4. The van der Waals surface area contributed by atoms with Crippen molar-refractivity contribution in [1.82, 2.24) is 15.5 Å². The number of β-amino-alcohol motifs (C(OH)–C–C–N with tert-alkyl or cyclic N) is 1. The second-order valence-electron chi connectivity index (χ2n) is 10.9. The standard InChI is InChI=1S/C27H35N5O2S/c1-17(26(2,3)4)28-13-18-7-8-21-20(11-18)31-25(32(21)16-27(5,6)34)12-22(33)24-10-9-23(35-24)19-14-29-30-15-19/h7-12,14-15,17,28,31,34H,13,16H2,1-6H3,(H,29,30)/b25-12+/t17-/m0/s1. The molecule has 7 nitrogen and oxygen atoms in total. The number of hydrogen-bond acceptors (Lipinski definition) is 7. The van der Waals surface area contributed by atoms with E-state index in [1.165, 1.54) is 11.3 Å². The van der Waals surface area contributed by atoms with E-state index in [1.807, 2.05) is 23.2 Å². The van der Waals surface area contributed by atoms with Crippen LogP contribution in [-0.2, 0) is 6.54 Å². The van der Waals surface area contributed by atoms with Gasteiger partial charge in [0, 0.05) is 35.3 Å². The minimum absolute atomic E-state index is 0.0818. The van der Waals surface area contributed by atoms with Crippen molar-refractivity contribution in [3.05, 3.63) is 65.1 Å². The number of nitrogens with zero attached hydrogens (tertiary/aromatic N) is 2. The highest BCUT2D eigenvalue weighted by Gasteiger charge is 2.30. The first-order valence-electron chi connectivity index (χ1n) is 11.9. The van der Waals surface area contributed by atoms with E-state index in [2.05, 4.69) is 66.7 Å². The van der Waals surface area contributed by atoms with Gasteiger partial charge in [-0.15, -0.1) is 11.3 Å². The molecule has 0 amide bonds. The monoisotopic (exact) mass is 493 g/mol. The largest absolute Gasteiger partial charge is 0.389 e. The van der Waals surface area contributed by atoms with Gasteiger partial charge in [0.2, 0.25) is 0 Å². The smallest absolute Gasteiger partial charge is 0.199 e. The SMILES string of the molecule is C[C@H](NCc1ccc2c(c1)N/C(=C\C(=O)c1ccc(-c3cn[nH]c3)s1)N2CC(C)(C)O)C(C)(C)C. The molecule has 0 saturated heterocycles. The lowest BCUT2D eigenvalue weighted by atomic mass is 9.88. The molecule has 35 heavy (non-hydrogen) atoms. The van der Waals surface area contributed by atoms with Gasteiger partial charge in [-0.05, 0) is 56.0 Å². The van der Waals surface area contributed by atoms with Gasteiger partial charge in [0.25, 0.3) is 0 Å². The predicted octanol–water partition coefficient (Wildman–Crippen LogP) is 5.39. The average molecular weight is 494 g/mol. The number of anilines is 2. The van der Waals surface area contributed by atoms with Crippen LogP contribution in [0.2, 0.25) is 0 Å². The van der Waals surface area contributed by atoms with Gasteiger partial charge in [0.15, 0.2) is 5.78 Å². The molecule has 0 spiro atoms. The van der Waals surface area contributed by atoms with Crippen molar-refractivity contribution in [2.45, 2.75) is 59.7 Å². The van der Waals surface area contributed by atoms with Crippen LogP contribution in [0.15, 0.2) is 54.6 Å². The van der Waals surface area contributed by atoms with Crippen LogP contribution in [-0.4, -0.2) is 39.3 Å².